The Kier molecular flexibility index (Phi) is 5.51. The van der Waals surface area contributed by atoms with Crippen LogP contribution in [0.1, 0.15) is 50.3 Å². The molecule has 1 aromatic heterocycles. The Balaban J connectivity index is 1.54. The van der Waals surface area contributed by atoms with E-state index in [-0.39, 0.29) is 18.1 Å². The fourth-order valence-corrected chi connectivity index (χ4v) is 3.43. The molecule has 1 amide bonds. The van der Waals surface area contributed by atoms with E-state index in [2.05, 4.69) is 10.2 Å². The molecule has 0 spiro atoms. The van der Waals surface area contributed by atoms with E-state index in [1.165, 1.54) is 12.8 Å². The minimum absolute atomic E-state index is 0.0916. The second-order valence-electron chi connectivity index (χ2n) is 6.29. The minimum atomic E-state index is 0.0916. The van der Waals surface area contributed by atoms with E-state index in [0.717, 1.165) is 44.6 Å². The fourth-order valence-electron chi connectivity index (χ4n) is 3.43. The summed E-state index contributed by atoms with van der Waals surface area (Å²) in [6, 6.07) is 4.18. The van der Waals surface area contributed by atoms with Crippen LogP contribution in [0.15, 0.2) is 22.8 Å². The first-order valence-electron chi connectivity index (χ1n) is 8.48. The van der Waals surface area contributed by atoms with Crippen molar-refractivity contribution < 1.29 is 13.9 Å². The lowest BCUT2D eigenvalue weighted by Crippen LogP contribution is -2.41. The van der Waals surface area contributed by atoms with Gasteiger partial charge in [0.05, 0.1) is 25.0 Å². The number of ether oxygens (including phenoxy) is 1. The average Bonchev–Trinajstić information content (AvgIpc) is 3.18. The van der Waals surface area contributed by atoms with Gasteiger partial charge >= 0.3 is 0 Å². The van der Waals surface area contributed by atoms with Crippen molar-refractivity contribution in [3.05, 3.63) is 24.2 Å². The summed E-state index contributed by atoms with van der Waals surface area (Å²) < 4.78 is 11.1. The van der Waals surface area contributed by atoms with Gasteiger partial charge in [-0.05, 0) is 44.4 Å². The Bertz CT molecular complexity index is 454. The third-order valence-electron chi connectivity index (χ3n) is 4.63. The summed E-state index contributed by atoms with van der Waals surface area (Å²) in [6.45, 7) is 2.86. The molecule has 3 heterocycles. The van der Waals surface area contributed by atoms with E-state index in [4.69, 9.17) is 9.15 Å². The molecule has 0 aliphatic carbocycles. The second-order valence-corrected chi connectivity index (χ2v) is 6.29. The lowest BCUT2D eigenvalue weighted by atomic mass is 10.1. The van der Waals surface area contributed by atoms with Gasteiger partial charge in [0, 0.05) is 13.2 Å². The summed E-state index contributed by atoms with van der Waals surface area (Å²) in [6.07, 6.45) is 8.71. The Morgan fingerprint density at radius 3 is 3.00 bits per heavy atom. The standard InChI is InChI=1S/C17H26N2O3/c20-17(18-12-14-6-4-10-21-14)13-19-9-3-1-2-7-15(19)16-8-5-11-22-16/h5,8,11,14-15H,1-4,6-7,9-10,12-13H2,(H,18,20)/t14-,15+/m1/s1. The van der Waals surface area contributed by atoms with Gasteiger partial charge in [-0.1, -0.05) is 12.8 Å². The molecular weight excluding hydrogens is 280 g/mol. The highest BCUT2D eigenvalue weighted by Gasteiger charge is 2.26. The van der Waals surface area contributed by atoms with E-state index in [0.29, 0.717) is 13.1 Å². The molecule has 0 bridgehead atoms. The van der Waals surface area contributed by atoms with Crippen LogP contribution in [0.5, 0.6) is 0 Å². The average molecular weight is 306 g/mol. The second kappa shape index (κ2) is 7.79. The smallest absolute Gasteiger partial charge is 0.234 e. The molecule has 22 heavy (non-hydrogen) atoms. The molecule has 2 aliphatic rings. The molecule has 5 nitrogen and oxygen atoms in total. The molecule has 0 aromatic carbocycles. The van der Waals surface area contributed by atoms with Gasteiger partial charge in [0.2, 0.25) is 5.91 Å². The van der Waals surface area contributed by atoms with Crippen molar-refractivity contribution in [1.29, 1.82) is 0 Å². The molecule has 5 heteroatoms. The fraction of sp³-hybridized carbons (Fsp3) is 0.706. The molecular formula is C17H26N2O3. The lowest BCUT2D eigenvalue weighted by molar-refractivity contribution is -0.123. The van der Waals surface area contributed by atoms with Crippen LogP contribution in [0, 0.1) is 0 Å². The zero-order valence-electron chi connectivity index (χ0n) is 13.1. The molecule has 2 fully saturated rings. The van der Waals surface area contributed by atoms with Crippen LogP contribution in [-0.2, 0) is 9.53 Å². The van der Waals surface area contributed by atoms with Crippen molar-refractivity contribution in [1.82, 2.24) is 10.2 Å². The van der Waals surface area contributed by atoms with Crippen molar-refractivity contribution in [3.8, 4) is 0 Å². The first-order valence-corrected chi connectivity index (χ1v) is 8.48. The van der Waals surface area contributed by atoms with Gasteiger partial charge in [0.1, 0.15) is 5.76 Å². The highest BCUT2D eigenvalue weighted by molar-refractivity contribution is 5.78. The van der Waals surface area contributed by atoms with E-state index in [9.17, 15) is 4.79 Å². The summed E-state index contributed by atoms with van der Waals surface area (Å²) in [5, 5.41) is 3.02. The highest BCUT2D eigenvalue weighted by atomic mass is 16.5. The SMILES string of the molecule is O=C(CN1CCCCC[C@H]1c1ccco1)NC[C@H]1CCCO1. The first-order chi connectivity index (χ1) is 10.8. The molecule has 0 unspecified atom stereocenters. The number of carbonyl (C=O) groups is 1. The van der Waals surface area contributed by atoms with Crippen molar-refractivity contribution in [2.75, 3.05) is 26.2 Å². The summed E-state index contributed by atoms with van der Waals surface area (Å²) in [5.41, 5.74) is 0. The van der Waals surface area contributed by atoms with Crippen molar-refractivity contribution in [3.63, 3.8) is 0 Å². The zero-order valence-corrected chi connectivity index (χ0v) is 13.1. The van der Waals surface area contributed by atoms with Crippen molar-refractivity contribution in [2.24, 2.45) is 0 Å². The zero-order chi connectivity index (χ0) is 15.2. The predicted octanol–water partition coefficient (Wildman–Crippen LogP) is 2.49. The summed E-state index contributed by atoms with van der Waals surface area (Å²) in [4.78, 5) is 14.5. The Hall–Kier alpha value is -1.33. The van der Waals surface area contributed by atoms with Crippen LogP contribution in [0.4, 0.5) is 0 Å². The van der Waals surface area contributed by atoms with Crippen LogP contribution in [0.2, 0.25) is 0 Å². The molecule has 2 aliphatic heterocycles. The maximum absolute atomic E-state index is 12.3. The molecule has 122 valence electrons. The van der Waals surface area contributed by atoms with Crippen LogP contribution in [0.3, 0.4) is 0 Å². The summed E-state index contributed by atoms with van der Waals surface area (Å²) >= 11 is 0. The van der Waals surface area contributed by atoms with Crippen LogP contribution >= 0.6 is 0 Å². The van der Waals surface area contributed by atoms with Crippen LogP contribution in [0.25, 0.3) is 0 Å². The number of furan rings is 1. The number of nitrogens with zero attached hydrogens (tertiary/aromatic N) is 1. The van der Waals surface area contributed by atoms with Gasteiger partial charge in [-0.3, -0.25) is 9.69 Å². The molecule has 2 atom stereocenters. The largest absolute Gasteiger partial charge is 0.468 e. The molecule has 3 rings (SSSR count). The number of likely N-dealkylation sites (tertiary alicyclic amines) is 1. The number of amides is 1. The quantitative estimate of drug-likeness (QED) is 0.908. The van der Waals surface area contributed by atoms with E-state index >= 15 is 0 Å². The van der Waals surface area contributed by atoms with Gasteiger partial charge in [0.15, 0.2) is 0 Å². The van der Waals surface area contributed by atoms with Crippen molar-refractivity contribution in [2.45, 2.75) is 50.7 Å². The Morgan fingerprint density at radius 2 is 2.23 bits per heavy atom. The number of hydrogen-bond acceptors (Lipinski definition) is 4. The minimum Gasteiger partial charge on any atom is -0.468 e. The monoisotopic (exact) mass is 306 g/mol. The maximum atomic E-state index is 12.3. The van der Waals surface area contributed by atoms with Gasteiger partial charge in [-0.15, -0.1) is 0 Å². The van der Waals surface area contributed by atoms with Gasteiger partial charge in [-0.2, -0.15) is 0 Å². The maximum Gasteiger partial charge on any atom is 0.234 e. The van der Waals surface area contributed by atoms with E-state index in [1.54, 1.807) is 6.26 Å². The molecule has 0 saturated carbocycles. The van der Waals surface area contributed by atoms with Gasteiger partial charge in [0.25, 0.3) is 0 Å². The normalized spacial score (nSPS) is 26.7. The number of hydrogen-bond donors (Lipinski definition) is 1. The third-order valence-corrected chi connectivity index (χ3v) is 4.63. The predicted molar refractivity (Wildman–Crippen MR) is 83.5 cm³/mol. The lowest BCUT2D eigenvalue weighted by Gasteiger charge is -2.28. The number of nitrogens with one attached hydrogen (secondary N) is 1. The van der Waals surface area contributed by atoms with Crippen molar-refractivity contribution >= 4 is 5.91 Å². The third kappa shape index (κ3) is 4.11. The van der Waals surface area contributed by atoms with E-state index < -0.39 is 0 Å². The highest BCUT2D eigenvalue weighted by Crippen LogP contribution is 2.30. The molecule has 1 N–H and O–H groups in total. The Labute approximate surface area is 132 Å². The topological polar surface area (TPSA) is 54.7 Å². The number of carbonyl (C=O) groups excluding carboxylic acids is 1. The molecule has 0 radical (unpaired) electrons. The Morgan fingerprint density at radius 1 is 1.27 bits per heavy atom. The summed E-state index contributed by atoms with van der Waals surface area (Å²) in [5.74, 6) is 1.07. The summed E-state index contributed by atoms with van der Waals surface area (Å²) in [7, 11) is 0. The van der Waals surface area contributed by atoms with E-state index in [1.807, 2.05) is 12.1 Å². The van der Waals surface area contributed by atoms with Crippen LogP contribution < -0.4 is 5.32 Å². The molecule has 1 aromatic rings. The molecule has 2 saturated heterocycles. The van der Waals surface area contributed by atoms with Gasteiger partial charge in [-0.25, -0.2) is 0 Å². The van der Waals surface area contributed by atoms with Crippen LogP contribution in [-0.4, -0.2) is 43.2 Å². The number of rotatable bonds is 5. The first kappa shape index (κ1) is 15.6. The van der Waals surface area contributed by atoms with Gasteiger partial charge < -0.3 is 14.5 Å².